The highest BCUT2D eigenvalue weighted by molar-refractivity contribution is 5.94. The van der Waals surface area contributed by atoms with Gasteiger partial charge in [-0.25, -0.2) is 0 Å². The number of likely N-dealkylation sites (N-methyl/N-ethyl adjacent to an activating group) is 1. The molecular weight excluding hydrogens is 352 g/mol. The number of nitrogens with zero attached hydrogens (tertiary/aromatic N) is 3. The van der Waals surface area contributed by atoms with Crippen molar-refractivity contribution in [1.29, 1.82) is 0 Å². The maximum Gasteiger partial charge on any atom is 0.317 e. The van der Waals surface area contributed by atoms with Crippen LogP contribution in [0, 0.1) is 10.1 Å². The minimum atomic E-state index is -0.830. The quantitative estimate of drug-likeness (QED) is 0.523. The molecule has 27 heavy (non-hydrogen) atoms. The second kappa shape index (κ2) is 9.43. The van der Waals surface area contributed by atoms with Crippen LogP contribution >= 0.6 is 0 Å². The molecule has 1 saturated heterocycles. The molecule has 1 aromatic rings. The Bertz CT molecular complexity index is 688. The zero-order valence-corrected chi connectivity index (χ0v) is 15.6. The second-order valence-electron chi connectivity index (χ2n) is 6.70. The first-order valence-corrected chi connectivity index (χ1v) is 9.07. The number of hydrogen-bond acceptors (Lipinski definition) is 6. The lowest BCUT2D eigenvalue weighted by Gasteiger charge is -2.39. The van der Waals surface area contributed by atoms with Crippen molar-refractivity contribution in [1.82, 2.24) is 9.80 Å². The number of nitrogens with one attached hydrogen (secondary N) is 1. The summed E-state index contributed by atoms with van der Waals surface area (Å²) in [6.45, 7) is 5.87. The van der Waals surface area contributed by atoms with Crippen LogP contribution in [0.2, 0.25) is 0 Å². The Hall–Kier alpha value is -2.52. The van der Waals surface area contributed by atoms with Crippen molar-refractivity contribution < 1.29 is 19.6 Å². The molecule has 0 bridgehead atoms. The monoisotopic (exact) mass is 378 g/mol. The zero-order valence-electron chi connectivity index (χ0n) is 15.6. The Morgan fingerprint density at radius 3 is 2.63 bits per heavy atom. The Labute approximate surface area is 158 Å². The van der Waals surface area contributed by atoms with Gasteiger partial charge in [0.15, 0.2) is 0 Å². The van der Waals surface area contributed by atoms with Crippen molar-refractivity contribution in [3.8, 4) is 0 Å². The van der Waals surface area contributed by atoms with Crippen LogP contribution in [-0.4, -0.2) is 70.0 Å². The fourth-order valence-corrected chi connectivity index (χ4v) is 3.42. The van der Waals surface area contributed by atoms with Gasteiger partial charge in [0.1, 0.15) is 0 Å². The summed E-state index contributed by atoms with van der Waals surface area (Å²) in [7, 11) is 0. The molecule has 9 heteroatoms. The standard InChI is InChI=1S/C18H26N4O5/c1-3-20(12-17(23)24)15-7-9-21(10-8-15)13(2)18(25)19-14-5-4-6-16(11-14)22(26)27/h4-6,11,13,15H,3,7-10,12H2,1-2H3,(H,19,25)(H,23,24). The van der Waals surface area contributed by atoms with Crippen molar-refractivity contribution in [3.05, 3.63) is 34.4 Å². The van der Waals surface area contributed by atoms with E-state index < -0.39 is 10.9 Å². The van der Waals surface area contributed by atoms with Crippen LogP contribution in [-0.2, 0) is 9.59 Å². The number of carboxylic acids is 1. The smallest absolute Gasteiger partial charge is 0.317 e. The fraction of sp³-hybridized carbons (Fsp3) is 0.556. The fourth-order valence-electron chi connectivity index (χ4n) is 3.42. The van der Waals surface area contributed by atoms with E-state index in [0.29, 0.717) is 25.3 Å². The largest absolute Gasteiger partial charge is 0.480 e. The van der Waals surface area contributed by atoms with Crippen LogP contribution in [0.25, 0.3) is 0 Å². The van der Waals surface area contributed by atoms with Crippen molar-refractivity contribution in [3.63, 3.8) is 0 Å². The van der Waals surface area contributed by atoms with E-state index in [4.69, 9.17) is 5.11 Å². The summed E-state index contributed by atoms with van der Waals surface area (Å²) in [4.78, 5) is 37.8. The highest BCUT2D eigenvalue weighted by atomic mass is 16.6. The molecule has 0 spiro atoms. The summed E-state index contributed by atoms with van der Waals surface area (Å²) in [5, 5.41) is 22.6. The average Bonchev–Trinajstić information content (AvgIpc) is 2.65. The molecule has 1 aliphatic rings. The number of carboxylic acid groups (broad SMARTS) is 1. The first-order valence-electron chi connectivity index (χ1n) is 9.07. The van der Waals surface area contributed by atoms with Gasteiger partial charge in [-0.15, -0.1) is 0 Å². The van der Waals surface area contributed by atoms with Crippen molar-refractivity contribution in [2.75, 3.05) is 31.5 Å². The van der Waals surface area contributed by atoms with Crippen LogP contribution in [0.5, 0.6) is 0 Å². The van der Waals surface area contributed by atoms with Crippen molar-refractivity contribution >= 4 is 23.3 Å². The van der Waals surface area contributed by atoms with Gasteiger partial charge >= 0.3 is 5.97 Å². The number of carbonyl (C=O) groups is 2. The predicted octanol–water partition coefficient (Wildman–Crippen LogP) is 1.79. The second-order valence-corrected chi connectivity index (χ2v) is 6.70. The SMILES string of the molecule is CCN(CC(=O)O)C1CCN(C(C)C(=O)Nc2cccc([N+](=O)[O-])c2)CC1. The number of piperidine rings is 1. The third-order valence-corrected chi connectivity index (χ3v) is 5.01. The van der Waals surface area contributed by atoms with Gasteiger partial charge in [0.05, 0.1) is 17.5 Å². The van der Waals surface area contributed by atoms with Gasteiger partial charge in [-0.3, -0.25) is 29.5 Å². The van der Waals surface area contributed by atoms with Crippen LogP contribution < -0.4 is 5.32 Å². The molecule has 1 amide bonds. The molecule has 0 aromatic heterocycles. The Kier molecular flexibility index (Phi) is 7.26. The number of carbonyl (C=O) groups excluding carboxylic acids is 1. The van der Waals surface area contributed by atoms with E-state index in [-0.39, 0.29) is 30.2 Å². The number of benzene rings is 1. The average molecular weight is 378 g/mol. The number of anilines is 1. The molecule has 1 aliphatic heterocycles. The minimum absolute atomic E-state index is 0.0317. The zero-order chi connectivity index (χ0) is 20.0. The van der Waals surface area contributed by atoms with E-state index >= 15 is 0 Å². The van der Waals surface area contributed by atoms with E-state index in [1.165, 1.54) is 18.2 Å². The van der Waals surface area contributed by atoms with Crippen molar-refractivity contribution in [2.45, 2.75) is 38.8 Å². The number of hydrogen-bond donors (Lipinski definition) is 2. The molecule has 0 aliphatic carbocycles. The maximum atomic E-state index is 12.5. The summed E-state index contributed by atoms with van der Waals surface area (Å²) in [6, 6.07) is 5.69. The lowest BCUT2D eigenvalue weighted by atomic mass is 10.0. The lowest BCUT2D eigenvalue weighted by molar-refractivity contribution is -0.384. The lowest BCUT2D eigenvalue weighted by Crippen LogP contribution is -2.51. The van der Waals surface area contributed by atoms with Gasteiger partial charge in [0, 0.05) is 37.0 Å². The molecule has 9 nitrogen and oxygen atoms in total. The van der Waals surface area contributed by atoms with Gasteiger partial charge in [0.2, 0.25) is 5.91 Å². The van der Waals surface area contributed by atoms with Crippen LogP contribution in [0.1, 0.15) is 26.7 Å². The number of nitro groups is 1. The molecule has 2 N–H and O–H groups in total. The van der Waals surface area contributed by atoms with Gasteiger partial charge in [-0.05, 0) is 32.4 Å². The van der Waals surface area contributed by atoms with Crippen LogP contribution in [0.15, 0.2) is 24.3 Å². The summed E-state index contributed by atoms with van der Waals surface area (Å²) in [6.07, 6.45) is 1.60. The minimum Gasteiger partial charge on any atom is -0.480 e. The highest BCUT2D eigenvalue weighted by Crippen LogP contribution is 2.20. The molecular formula is C18H26N4O5. The van der Waals surface area contributed by atoms with E-state index in [1.54, 1.807) is 6.07 Å². The van der Waals surface area contributed by atoms with Crippen LogP contribution in [0.4, 0.5) is 11.4 Å². The van der Waals surface area contributed by atoms with E-state index in [2.05, 4.69) is 10.2 Å². The maximum absolute atomic E-state index is 12.5. The predicted molar refractivity (Wildman–Crippen MR) is 101 cm³/mol. The van der Waals surface area contributed by atoms with Crippen LogP contribution in [0.3, 0.4) is 0 Å². The summed E-state index contributed by atoms with van der Waals surface area (Å²) >= 11 is 0. The summed E-state index contributed by atoms with van der Waals surface area (Å²) in [5.74, 6) is -1.05. The molecule has 148 valence electrons. The molecule has 1 fully saturated rings. The molecule has 1 aromatic carbocycles. The molecule has 0 radical (unpaired) electrons. The molecule has 1 heterocycles. The van der Waals surface area contributed by atoms with Gasteiger partial charge in [0.25, 0.3) is 5.69 Å². The molecule has 2 rings (SSSR count). The molecule has 1 atom stereocenters. The number of likely N-dealkylation sites (tertiary alicyclic amines) is 1. The number of rotatable bonds is 8. The van der Waals surface area contributed by atoms with E-state index in [0.717, 1.165) is 12.8 Å². The number of aliphatic carboxylic acids is 1. The normalized spacial score (nSPS) is 16.9. The topological polar surface area (TPSA) is 116 Å². The Balaban J connectivity index is 1.90. The van der Waals surface area contributed by atoms with Crippen molar-refractivity contribution in [2.24, 2.45) is 0 Å². The molecule has 1 unspecified atom stereocenters. The first kappa shape index (κ1) is 20.8. The first-order chi connectivity index (χ1) is 12.8. The summed E-state index contributed by atoms with van der Waals surface area (Å²) in [5.41, 5.74) is 0.328. The number of non-ortho nitro benzene ring substituents is 1. The highest BCUT2D eigenvalue weighted by Gasteiger charge is 2.29. The van der Waals surface area contributed by atoms with Gasteiger partial charge < -0.3 is 10.4 Å². The number of nitro benzene ring substituents is 1. The van der Waals surface area contributed by atoms with E-state index in [1.807, 2.05) is 18.7 Å². The third kappa shape index (κ3) is 5.73. The number of amides is 1. The van der Waals surface area contributed by atoms with Gasteiger partial charge in [-0.2, -0.15) is 0 Å². The van der Waals surface area contributed by atoms with Gasteiger partial charge in [-0.1, -0.05) is 13.0 Å². The Morgan fingerprint density at radius 1 is 1.41 bits per heavy atom. The molecule has 0 saturated carbocycles. The third-order valence-electron chi connectivity index (χ3n) is 5.01. The Morgan fingerprint density at radius 2 is 2.07 bits per heavy atom. The van der Waals surface area contributed by atoms with E-state index in [9.17, 15) is 19.7 Å². The summed E-state index contributed by atoms with van der Waals surface area (Å²) < 4.78 is 0.